The molecule has 0 radical (unpaired) electrons. The van der Waals surface area contributed by atoms with E-state index >= 15 is 0 Å². The molecule has 0 bridgehead atoms. The van der Waals surface area contributed by atoms with Gasteiger partial charge in [-0.05, 0) is 45.7 Å². The summed E-state index contributed by atoms with van der Waals surface area (Å²) in [5.41, 5.74) is 0.793. The highest BCUT2D eigenvalue weighted by atomic mass is 16.6. The fourth-order valence-corrected chi connectivity index (χ4v) is 2.94. The third-order valence-electron chi connectivity index (χ3n) is 4.28. The van der Waals surface area contributed by atoms with Crippen LogP contribution in [0.1, 0.15) is 31.2 Å². The Morgan fingerprint density at radius 1 is 1.40 bits per heavy atom. The maximum Gasteiger partial charge on any atom is 0.314 e. The minimum atomic E-state index is -0.326. The summed E-state index contributed by atoms with van der Waals surface area (Å²) in [4.78, 5) is 17.2. The summed E-state index contributed by atoms with van der Waals surface area (Å²) in [5, 5.41) is 14.6. The van der Waals surface area contributed by atoms with Gasteiger partial charge in [-0.2, -0.15) is 0 Å². The topological polar surface area (TPSA) is 71.3 Å². The van der Waals surface area contributed by atoms with E-state index in [1.54, 1.807) is 19.2 Å². The second kappa shape index (κ2) is 6.17. The molecule has 2 rings (SSSR count). The normalized spacial score (nSPS) is 22.6. The predicted octanol–water partition coefficient (Wildman–Crippen LogP) is 2.27. The van der Waals surface area contributed by atoms with E-state index in [1.165, 1.54) is 0 Å². The molecule has 0 amide bonds. The first-order chi connectivity index (χ1) is 9.54. The fraction of sp³-hybridized carbons (Fsp3) is 0.643. The molecule has 1 aliphatic carbocycles. The zero-order chi connectivity index (χ0) is 14.7. The van der Waals surface area contributed by atoms with Gasteiger partial charge in [0.05, 0.1) is 4.92 Å². The van der Waals surface area contributed by atoms with Crippen molar-refractivity contribution < 1.29 is 4.92 Å². The molecule has 0 atom stereocenters. The van der Waals surface area contributed by atoms with Crippen LogP contribution >= 0.6 is 0 Å². The highest BCUT2D eigenvalue weighted by molar-refractivity contribution is 5.61. The SMILES string of the molecule is CNC1CCC(N(C)c2nccc(C)c2[N+](=O)[O-])CC1. The van der Waals surface area contributed by atoms with Gasteiger partial charge in [-0.1, -0.05) is 0 Å². The molecule has 1 heterocycles. The molecule has 0 unspecified atom stereocenters. The van der Waals surface area contributed by atoms with E-state index in [2.05, 4.69) is 10.3 Å². The number of aromatic nitrogens is 1. The molecule has 1 N–H and O–H groups in total. The van der Waals surface area contributed by atoms with Crippen molar-refractivity contribution in [2.75, 3.05) is 19.0 Å². The van der Waals surface area contributed by atoms with Crippen LogP contribution in [-0.2, 0) is 0 Å². The van der Waals surface area contributed by atoms with Crippen molar-refractivity contribution in [1.82, 2.24) is 10.3 Å². The Morgan fingerprint density at radius 2 is 2.05 bits per heavy atom. The Labute approximate surface area is 119 Å². The Hall–Kier alpha value is -1.69. The van der Waals surface area contributed by atoms with Crippen LogP contribution in [0.25, 0.3) is 0 Å². The lowest BCUT2D eigenvalue weighted by atomic mass is 9.90. The third-order valence-corrected chi connectivity index (χ3v) is 4.28. The minimum absolute atomic E-state index is 0.130. The molecule has 1 saturated carbocycles. The molecule has 0 spiro atoms. The number of rotatable bonds is 4. The van der Waals surface area contributed by atoms with E-state index in [0.29, 0.717) is 23.5 Å². The van der Waals surface area contributed by atoms with Crippen molar-refractivity contribution >= 4 is 11.5 Å². The zero-order valence-electron chi connectivity index (χ0n) is 12.3. The van der Waals surface area contributed by atoms with Crippen LogP contribution < -0.4 is 10.2 Å². The molecule has 110 valence electrons. The van der Waals surface area contributed by atoms with Crippen molar-refractivity contribution in [3.05, 3.63) is 27.9 Å². The van der Waals surface area contributed by atoms with Gasteiger partial charge < -0.3 is 10.2 Å². The number of nitrogens with zero attached hydrogens (tertiary/aromatic N) is 3. The van der Waals surface area contributed by atoms with Crippen LogP contribution in [0, 0.1) is 17.0 Å². The van der Waals surface area contributed by atoms with Crippen molar-refractivity contribution in [3.63, 3.8) is 0 Å². The lowest BCUT2D eigenvalue weighted by molar-refractivity contribution is -0.384. The zero-order valence-corrected chi connectivity index (χ0v) is 12.3. The number of anilines is 1. The highest BCUT2D eigenvalue weighted by Crippen LogP contribution is 2.32. The van der Waals surface area contributed by atoms with E-state index in [1.807, 2.05) is 19.0 Å². The second-order valence-corrected chi connectivity index (χ2v) is 5.46. The van der Waals surface area contributed by atoms with Crippen molar-refractivity contribution in [2.24, 2.45) is 0 Å². The van der Waals surface area contributed by atoms with Gasteiger partial charge in [-0.25, -0.2) is 4.98 Å². The van der Waals surface area contributed by atoms with Gasteiger partial charge in [0.15, 0.2) is 0 Å². The molecular weight excluding hydrogens is 256 g/mol. The average Bonchev–Trinajstić information content (AvgIpc) is 2.46. The Morgan fingerprint density at radius 3 is 2.60 bits per heavy atom. The van der Waals surface area contributed by atoms with Gasteiger partial charge in [0.1, 0.15) is 0 Å². The van der Waals surface area contributed by atoms with Crippen LogP contribution in [0.15, 0.2) is 12.3 Å². The van der Waals surface area contributed by atoms with Crippen molar-refractivity contribution in [2.45, 2.75) is 44.7 Å². The summed E-state index contributed by atoms with van der Waals surface area (Å²) in [5.74, 6) is 0.489. The first kappa shape index (κ1) is 14.7. The summed E-state index contributed by atoms with van der Waals surface area (Å²) in [6, 6.07) is 2.58. The number of hydrogen-bond acceptors (Lipinski definition) is 5. The monoisotopic (exact) mass is 278 g/mol. The molecule has 1 aliphatic rings. The van der Waals surface area contributed by atoms with Gasteiger partial charge >= 0.3 is 5.69 Å². The van der Waals surface area contributed by atoms with Gasteiger partial charge in [-0.15, -0.1) is 0 Å². The summed E-state index contributed by atoms with van der Waals surface area (Å²) in [7, 11) is 3.90. The summed E-state index contributed by atoms with van der Waals surface area (Å²) in [6.45, 7) is 1.76. The van der Waals surface area contributed by atoms with Crippen molar-refractivity contribution in [1.29, 1.82) is 0 Å². The Bertz CT molecular complexity index is 484. The largest absolute Gasteiger partial charge is 0.351 e. The summed E-state index contributed by atoms with van der Waals surface area (Å²) < 4.78 is 0. The number of hydrogen-bond donors (Lipinski definition) is 1. The molecule has 6 nitrogen and oxygen atoms in total. The highest BCUT2D eigenvalue weighted by Gasteiger charge is 2.29. The molecule has 1 aromatic heterocycles. The maximum atomic E-state index is 11.3. The first-order valence-corrected chi connectivity index (χ1v) is 7.04. The quantitative estimate of drug-likeness (QED) is 0.675. The van der Waals surface area contributed by atoms with Gasteiger partial charge in [-0.3, -0.25) is 10.1 Å². The van der Waals surface area contributed by atoms with Crippen LogP contribution in [-0.4, -0.2) is 36.1 Å². The molecule has 6 heteroatoms. The molecule has 0 aliphatic heterocycles. The molecule has 1 fully saturated rings. The summed E-state index contributed by atoms with van der Waals surface area (Å²) >= 11 is 0. The number of pyridine rings is 1. The third kappa shape index (κ3) is 2.90. The van der Waals surface area contributed by atoms with Crippen LogP contribution in [0.5, 0.6) is 0 Å². The number of aryl methyl sites for hydroxylation is 1. The van der Waals surface area contributed by atoms with Gasteiger partial charge in [0.2, 0.25) is 5.82 Å². The smallest absolute Gasteiger partial charge is 0.314 e. The van der Waals surface area contributed by atoms with Crippen LogP contribution in [0.3, 0.4) is 0 Å². The molecular formula is C14H22N4O2. The second-order valence-electron chi connectivity index (χ2n) is 5.46. The van der Waals surface area contributed by atoms with Gasteiger partial charge in [0.25, 0.3) is 0 Å². The standard InChI is InChI=1S/C14H22N4O2/c1-10-8-9-16-14(13(10)18(19)20)17(3)12-6-4-11(15-2)5-7-12/h8-9,11-12,15H,4-7H2,1-3H3. The Balaban J connectivity index is 2.20. The molecule has 20 heavy (non-hydrogen) atoms. The van der Waals surface area contributed by atoms with Crippen LogP contribution in [0.4, 0.5) is 11.5 Å². The van der Waals surface area contributed by atoms with Crippen LogP contribution in [0.2, 0.25) is 0 Å². The van der Waals surface area contributed by atoms with Gasteiger partial charge in [0, 0.05) is 30.9 Å². The van der Waals surface area contributed by atoms with E-state index in [4.69, 9.17) is 0 Å². The first-order valence-electron chi connectivity index (χ1n) is 7.04. The lowest BCUT2D eigenvalue weighted by Gasteiger charge is -2.35. The van der Waals surface area contributed by atoms with Crippen molar-refractivity contribution in [3.8, 4) is 0 Å². The predicted molar refractivity (Wildman–Crippen MR) is 79.1 cm³/mol. The molecule has 0 aromatic carbocycles. The lowest BCUT2D eigenvalue weighted by Crippen LogP contribution is -2.40. The average molecular weight is 278 g/mol. The number of nitrogens with one attached hydrogen (secondary N) is 1. The van der Waals surface area contributed by atoms with E-state index < -0.39 is 0 Å². The summed E-state index contributed by atoms with van der Waals surface area (Å²) in [6.07, 6.45) is 5.92. The molecule has 0 saturated heterocycles. The van der Waals surface area contributed by atoms with E-state index in [-0.39, 0.29) is 10.6 Å². The van der Waals surface area contributed by atoms with E-state index in [0.717, 1.165) is 25.7 Å². The Kier molecular flexibility index (Phi) is 4.54. The van der Waals surface area contributed by atoms with E-state index in [9.17, 15) is 10.1 Å². The molecule has 1 aromatic rings. The minimum Gasteiger partial charge on any atom is -0.351 e. The maximum absolute atomic E-state index is 11.3. The number of nitro groups is 1. The fourth-order valence-electron chi connectivity index (χ4n) is 2.94.